The van der Waals surface area contributed by atoms with Crippen molar-refractivity contribution in [2.75, 3.05) is 39.9 Å². The van der Waals surface area contributed by atoms with Gasteiger partial charge < -0.3 is 15.4 Å². The minimum atomic E-state index is 0.698. The molecule has 84 valence electrons. The molecule has 0 saturated heterocycles. The minimum absolute atomic E-state index is 0.698. The van der Waals surface area contributed by atoms with E-state index in [4.69, 9.17) is 4.74 Å². The second-order valence-electron chi connectivity index (χ2n) is 4.39. The third-order valence-electron chi connectivity index (χ3n) is 2.52. The first kappa shape index (κ1) is 12.0. The molecule has 0 radical (unpaired) electrons. The van der Waals surface area contributed by atoms with Gasteiger partial charge in [0, 0.05) is 13.2 Å². The number of rotatable bonds is 9. The van der Waals surface area contributed by atoms with E-state index in [9.17, 15) is 0 Å². The van der Waals surface area contributed by atoms with E-state index in [0.29, 0.717) is 5.92 Å². The molecule has 3 nitrogen and oxygen atoms in total. The molecule has 0 spiro atoms. The molecule has 0 bridgehead atoms. The van der Waals surface area contributed by atoms with Crippen molar-refractivity contribution < 1.29 is 4.74 Å². The van der Waals surface area contributed by atoms with Gasteiger partial charge in [0.15, 0.2) is 0 Å². The number of nitrogens with one attached hydrogen (secondary N) is 2. The molecule has 1 atom stereocenters. The van der Waals surface area contributed by atoms with Crippen LogP contribution in [0.15, 0.2) is 0 Å². The van der Waals surface area contributed by atoms with Crippen molar-refractivity contribution in [3.05, 3.63) is 0 Å². The Kier molecular flexibility index (Phi) is 6.15. The molecule has 0 aromatic carbocycles. The maximum atomic E-state index is 5.52. The van der Waals surface area contributed by atoms with Crippen LogP contribution < -0.4 is 10.6 Å². The minimum Gasteiger partial charge on any atom is -0.380 e. The summed E-state index contributed by atoms with van der Waals surface area (Å²) in [6.45, 7) is 7.23. The van der Waals surface area contributed by atoms with Crippen molar-refractivity contribution in [2.45, 2.75) is 19.8 Å². The smallest absolute Gasteiger partial charge is 0.0591 e. The van der Waals surface area contributed by atoms with Crippen LogP contribution in [0.3, 0.4) is 0 Å². The molecule has 1 unspecified atom stereocenters. The Morgan fingerprint density at radius 3 is 2.79 bits per heavy atom. The first-order valence-corrected chi connectivity index (χ1v) is 5.76. The predicted molar refractivity (Wildman–Crippen MR) is 59.5 cm³/mol. The fourth-order valence-corrected chi connectivity index (χ4v) is 1.45. The zero-order chi connectivity index (χ0) is 10.2. The molecule has 1 saturated carbocycles. The van der Waals surface area contributed by atoms with Crippen molar-refractivity contribution in [1.29, 1.82) is 0 Å². The monoisotopic (exact) mass is 200 g/mol. The van der Waals surface area contributed by atoms with E-state index >= 15 is 0 Å². The maximum absolute atomic E-state index is 5.52. The lowest BCUT2D eigenvalue weighted by Gasteiger charge is -2.11. The molecule has 1 aliphatic rings. The van der Waals surface area contributed by atoms with E-state index in [1.807, 2.05) is 7.05 Å². The second kappa shape index (κ2) is 7.21. The van der Waals surface area contributed by atoms with Gasteiger partial charge in [0.2, 0.25) is 0 Å². The Labute approximate surface area is 87.6 Å². The average molecular weight is 200 g/mol. The Balaban J connectivity index is 1.74. The van der Waals surface area contributed by atoms with Gasteiger partial charge >= 0.3 is 0 Å². The van der Waals surface area contributed by atoms with Crippen LogP contribution in [-0.4, -0.2) is 39.9 Å². The fraction of sp³-hybridized carbons (Fsp3) is 1.00. The Morgan fingerprint density at radius 1 is 1.36 bits per heavy atom. The number of hydrogen-bond donors (Lipinski definition) is 2. The molecule has 1 fully saturated rings. The standard InChI is InChI=1S/C11H24N2O/c1-10(7-12-2)8-13-5-6-14-9-11-3-4-11/h10-13H,3-9H2,1-2H3. The zero-order valence-electron chi connectivity index (χ0n) is 9.51. The molecule has 0 heterocycles. The molecule has 14 heavy (non-hydrogen) atoms. The maximum Gasteiger partial charge on any atom is 0.0591 e. The summed E-state index contributed by atoms with van der Waals surface area (Å²) in [5, 5.41) is 6.57. The molecule has 0 aliphatic heterocycles. The fourth-order valence-electron chi connectivity index (χ4n) is 1.45. The first-order chi connectivity index (χ1) is 6.83. The third kappa shape index (κ3) is 6.35. The zero-order valence-corrected chi connectivity index (χ0v) is 9.51. The molecular weight excluding hydrogens is 176 g/mol. The molecule has 0 amide bonds. The average Bonchev–Trinajstić information content (AvgIpc) is 2.95. The van der Waals surface area contributed by atoms with Crippen molar-refractivity contribution in [3.63, 3.8) is 0 Å². The summed E-state index contributed by atoms with van der Waals surface area (Å²) in [4.78, 5) is 0. The van der Waals surface area contributed by atoms with Crippen LogP contribution in [0.4, 0.5) is 0 Å². The normalized spacial score (nSPS) is 18.4. The lowest BCUT2D eigenvalue weighted by atomic mass is 10.2. The summed E-state index contributed by atoms with van der Waals surface area (Å²) in [5.41, 5.74) is 0. The van der Waals surface area contributed by atoms with Crippen LogP contribution >= 0.6 is 0 Å². The quantitative estimate of drug-likeness (QED) is 0.542. The van der Waals surface area contributed by atoms with Gasteiger partial charge in [-0.05, 0) is 44.8 Å². The van der Waals surface area contributed by atoms with Gasteiger partial charge in [-0.3, -0.25) is 0 Å². The summed E-state index contributed by atoms with van der Waals surface area (Å²) in [6.07, 6.45) is 2.76. The SMILES string of the molecule is CNCC(C)CNCCOCC1CC1. The van der Waals surface area contributed by atoms with Crippen molar-refractivity contribution in [3.8, 4) is 0 Å². The van der Waals surface area contributed by atoms with E-state index in [-0.39, 0.29) is 0 Å². The largest absolute Gasteiger partial charge is 0.380 e. The third-order valence-corrected chi connectivity index (χ3v) is 2.52. The predicted octanol–water partition coefficient (Wildman–Crippen LogP) is 0.858. The van der Waals surface area contributed by atoms with E-state index in [2.05, 4.69) is 17.6 Å². The number of hydrogen-bond acceptors (Lipinski definition) is 3. The molecule has 0 aromatic heterocycles. The van der Waals surface area contributed by atoms with Crippen molar-refractivity contribution in [1.82, 2.24) is 10.6 Å². The van der Waals surface area contributed by atoms with Gasteiger partial charge in [-0.25, -0.2) is 0 Å². The molecule has 1 rings (SSSR count). The van der Waals surface area contributed by atoms with E-state index in [1.54, 1.807) is 0 Å². The van der Waals surface area contributed by atoms with Gasteiger partial charge in [-0.15, -0.1) is 0 Å². The van der Waals surface area contributed by atoms with Gasteiger partial charge in [-0.1, -0.05) is 6.92 Å². The van der Waals surface area contributed by atoms with Crippen molar-refractivity contribution >= 4 is 0 Å². The van der Waals surface area contributed by atoms with Crippen LogP contribution in [0.1, 0.15) is 19.8 Å². The Morgan fingerprint density at radius 2 is 2.14 bits per heavy atom. The summed E-state index contributed by atoms with van der Waals surface area (Å²) in [7, 11) is 2.00. The molecule has 0 aromatic rings. The highest BCUT2D eigenvalue weighted by Gasteiger charge is 2.20. The van der Waals surface area contributed by atoms with Crippen LogP contribution in [0.2, 0.25) is 0 Å². The topological polar surface area (TPSA) is 33.3 Å². The highest BCUT2D eigenvalue weighted by atomic mass is 16.5. The van der Waals surface area contributed by atoms with Crippen LogP contribution in [0.25, 0.3) is 0 Å². The van der Waals surface area contributed by atoms with Crippen LogP contribution in [-0.2, 0) is 4.74 Å². The summed E-state index contributed by atoms with van der Waals surface area (Å²) in [6, 6.07) is 0. The summed E-state index contributed by atoms with van der Waals surface area (Å²) >= 11 is 0. The summed E-state index contributed by atoms with van der Waals surface area (Å²) < 4.78 is 5.52. The molecule has 1 aliphatic carbocycles. The molecule has 3 heteroatoms. The van der Waals surface area contributed by atoms with E-state index in [1.165, 1.54) is 12.8 Å². The number of ether oxygens (including phenoxy) is 1. The first-order valence-electron chi connectivity index (χ1n) is 5.76. The molecule has 2 N–H and O–H groups in total. The second-order valence-corrected chi connectivity index (χ2v) is 4.39. The van der Waals surface area contributed by atoms with Crippen LogP contribution in [0, 0.1) is 11.8 Å². The highest BCUT2D eigenvalue weighted by molar-refractivity contribution is 4.71. The van der Waals surface area contributed by atoms with Gasteiger partial charge in [0.05, 0.1) is 6.61 Å². The van der Waals surface area contributed by atoms with E-state index < -0.39 is 0 Å². The van der Waals surface area contributed by atoms with Gasteiger partial charge in [0.1, 0.15) is 0 Å². The van der Waals surface area contributed by atoms with E-state index in [0.717, 1.165) is 38.8 Å². The Bertz CT molecular complexity index is 137. The summed E-state index contributed by atoms with van der Waals surface area (Å²) in [5.74, 6) is 1.58. The molecular formula is C11H24N2O. The van der Waals surface area contributed by atoms with Gasteiger partial charge in [-0.2, -0.15) is 0 Å². The lowest BCUT2D eigenvalue weighted by molar-refractivity contribution is 0.125. The van der Waals surface area contributed by atoms with Crippen molar-refractivity contribution in [2.24, 2.45) is 11.8 Å². The van der Waals surface area contributed by atoms with Gasteiger partial charge in [0.25, 0.3) is 0 Å². The lowest BCUT2D eigenvalue weighted by Crippen LogP contribution is -2.30. The highest BCUT2D eigenvalue weighted by Crippen LogP contribution is 2.28. The Hall–Kier alpha value is -0.120. The van der Waals surface area contributed by atoms with Crippen LogP contribution in [0.5, 0.6) is 0 Å².